The monoisotopic (exact) mass is 256 g/mol. The van der Waals surface area contributed by atoms with E-state index in [-0.39, 0.29) is 0 Å². The highest BCUT2D eigenvalue weighted by Crippen LogP contribution is 2.37. The van der Waals surface area contributed by atoms with Crippen LogP contribution in [0.3, 0.4) is 0 Å². The first kappa shape index (κ1) is 12.2. The highest BCUT2D eigenvalue weighted by atomic mass is 15.3. The van der Waals surface area contributed by atoms with Gasteiger partial charge in [-0.05, 0) is 43.4 Å². The van der Waals surface area contributed by atoms with Gasteiger partial charge in [-0.15, -0.1) is 10.2 Å². The van der Waals surface area contributed by atoms with Gasteiger partial charge in [0.2, 0.25) is 0 Å². The second kappa shape index (κ2) is 4.68. The molecule has 100 valence electrons. The van der Waals surface area contributed by atoms with Crippen molar-refractivity contribution in [3.05, 3.63) is 41.5 Å². The van der Waals surface area contributed by atoms with E-state index in [0.717, 1.165) is 23.8 Å². The lowest BCUT2D eigenvalue weighted by Gasteiger charge is -2.13. The number of nitrogens with two attached hydrogens (primary N) is 1. The Kier molecular flexibility index (Phi) is 3.01. The highest BCUT2D eigenvalue weighted by Gasteiger charge is 2.28. The zero-order chi connectivity index (χ0) is 13.4. The Bertz CT molecular complexity index is 566. The largest absolute Gasteiger partial charge is 0.399 e. The van der Waals surface area contributed by atoms with Gasteiger partial charge in [0.15, 0.2) is 0 Å². The van der Waals surface area contributed by atoms with Crippen molar-refractivity contribution >= 4 is 5.69 Å². The number of anilines is 1. The molecular formula is C15H20N4. The average molecular weight is 256 g/mol. The van der Waals surface area contributed by atoms with Crippen LogP contribution in [0.5, 0.6) is 0 Å². The zero-order valence-corrected chi connectivity index (χ0v) is 11.5. The smallest absolute Gasteiger partial charge is 0.133 e. The van der Waals surface area contributed by atoms with Gasteiger partial charge in [-0.25, -0.2) is 0 Å². The molecule has 0 saturated heterocycles. The Labute approximate surface area is 113 Å². The molecule has 2 N–H and O–H groups in total. The first-order valence-corrected chi connectivity index (χ1v) is 6.91. The number of benzene rings is 1. The summed E-state index contributed by atoms with van der Waals surface area (Å²) in [6.45, 7) is 4.27. The van der Waals surface area contributed by atoms with Gasteiger partial charge < -0.3 is 10.3 Å². The lowest BCUT2D eigenvalue weighted by Crippen LogP contribution is -2.08. The van der Waals surface area contributed by atoms with Crippen molar-refractivity contribution in [3.8, 4) is 0 Å². The summed E-state index contributed by atoms with van der Waals surface area (Å²) >= 11 is 0. The summed E-state index contributed by atoms with van der Waals surface area (Å²) in [6.07, 6.45) is 3.46. The number of hydrogen-bond donors (Lipinski definition) is 1. The molecule has 1 unspecified atom stereocenters. The fourth-order valence-corrected chi connectivity index (χ4v) is 2.58. The lowest BCUT2D eigenvalue weighted by atomic mass is 9.97. The molecule has 0 radical (unpaired) electrons. The van der Waals surface area contributed by atoms with Crippen LogP contribution in [0.4, 0.5) is 5.69 Å². The third kappa shape index (κ3) is 2.48. The van der Waals surface area contributed by atoms with E-state index in [4.69, 9.17) is 5.73 Å². The van der Waals surface area contributed by atoms with Crippen molar-refractivity contribution in [1.82, 2.24) is 14.8 Å². The quantitative estimate of drug-likeness (QED) is 0.856. The molecule has 1 saturated carbocycles. The molecule has 1 aliphatic rings. The van der Waals surface area contributed by atoms with E-state index in [1.807, 2.05) is 19.1 Å². The van der Waals surface area contributed by atoms with Gasteiger partial charge >= 0.3 is 0 Å². The Morgan fingerprint density at radius 3 is 2.58 bits per heavy atom. The van der Waals surface area contributed by atoms with Gasteiger partial charge in [0.1, 0.15) is 11.6 Å². The SMILES string of the molecule is Cc1nnc(CC(C)c2ccc(N)cc2)n1C1CC1. The molecule has 0 aliphatic heterocycles. The summed E-state index contributed by atoms with van der Waals surface area (Å²) in [5.74, 6) is 2.59. The van der Waals surface area contributed by atoms with Gasteiger partial charge in [-0.1, -0.05) is 19.1 Å². The van der Waals surface area contributed by atoms with Crippen LogP contribution >= 0.6 is 0 Å². The Morgan fingerprint density at radius 1 is 1.26 bits per heavy atom. The van der Waals surface area contributed by atoms with Crippen LogP contribution in [0.25, 0.3) is 0 Å². The van der Waals surface area contributed by atoms with Crippen molar-refractivity contribution in [2.45, 2.75) is 45.1 Å². The molecule has 0 spiro atoms. The number of rotatable bonds is 4. The van der Waals surface area contributed by atoms with Crippen molar-refractivity contribution in [2.24, 2.45) is 0 Å². The summed E-state index contributed by atoms with van der Waals surface area (Å²) in [5, 5.41) is 8.58. The average Bonchev–Trinajstić information content (AvgIpc) is 3.16. The second-order valence-electron chi connectivity index (χ2n) is 5.54. The van der Waals surface area contributed by atoms with Crippen LogP contribution in [0.1, 0.15) is 48.9 Å². The van der Waals surface area contributed by atoms with Crippen molar-refractivity contribution < 1.29 is 0 Å². The third-order valence-electron chi connectivity index (χ3n) is 3.84. The van der Waals surface area contributed by atoms with Crippen LogP contribution in [0, 0.1) is 6.92 Å². The van der Waals surface area contributed by atoms with Crippen LogP contribution in [0.2, 0.25) is 0 Å². The molecule has 19 heavy (non-hydrogen) atoms. The highest BCUT2D eigenvalue weighted by molar-refractivity contribution is 5.40. The van der Waals surface area contributed by atoms with Gasteiger partial charge in [0.25, 0.3) is 0 Å². The minimum Gasteiger partial charge on any atom is -0.399 e. The van der Waals surface area contributed by atoms with E-state index in [2.05, 4.69) is 33.8 Å². The zero-order valence-electron chi connectivity index (χ0n) is 11.5. The van der Waals surface area contributed by atoms with Crippen LogP contribution in [-0.4, -0.2) is 14.8 Å². The number of aromatic nitrogens is 3. The molecule has 0 amide bonds. The predicted molar refractivity (Wildman–Crippen MR) is 76.0 cm³/mol. The number of aryl methyl sites for hydroxylation is 1. The minimum atomic E-state index is 0.432. The molecule has 1 aromatic carbocycles. The minimum absolute atomic E-state index is 0.432. The molecular weight excluding hydrogens is 236 g/mol. The first-order chi connectivity index (χ1) is 9.15. The predicted octanol–water partition coefficient (Wildman–Crippen LogP) is 2.85. The topological polar surface area (TPSA) is 56.7 Å². The standard InChI is InChI=1S/C15H20N4/c1-10(12-3-5-13(16)6-4-12)9-15-18-17-11(2)19(15)14-7-8-14/h3-6,10,14H,7-9,16H2,1-2H3. The van der Waals surface area contributed by atoms with E-state index in [0.29, 0.717) is 12.0 Å². The molecule has 2 aromatic rings. The summed E-state index contributed by atoms with van der Waals surface area (Å²) < 4.78 is 2.31. The molecule has 1 aromatic heterocycles. The van der Waals surface area contributed by atoms with Crippen LogP contribution in [-0.2, 0) is 6.42 Å². The van der Waals surface area contributed by atoms with Gasteiger partial charge in [-0.2, -0.15) is 0 Å². The molecule has 1 atom stereocenters. The summed E-state index contributed by atoms with van der Waals surface area (Å²) in [4.78, 5) is 0. The Hall–Kier alpha value is -1.84. The Morgan fingerprint density at radius 2 is 1.95 bits per heavy atom. The molecule has 1 fully saturated rings. The molecule has 3 rings (SSSR count). The van der Waals surface area contributed by atoms with Crippen molar-refractivity contribution in [1.29, 1.82) is 0 Å². The fraction of sp³-hybridized carbons (Fsp3) is 0.467. The maximum Gasteiger partial charge on any atom is 0.133 e. The summed E-state index contributed by atoms with van der Waals surface area (Å²) in [7, 11) is 0. The van der Waals surface area contributed by atoms with E-state index >= 15 is 0 Å². The number of hydrogen-bond acceptors (Lipinski definition) is 3. The van der Waals surface area contributed by atoms with E-state index in [1.54, 1.807) is 0 Å². The summed E-state index contributed by atoms with van der Waals surface area (Å²) in [5.41, 5.74) is 7.84. The van der Waals surface area contributed by atoms with Gasteiger partial charge in [0, 0.05) is 18.2 Å². The maximum atomic E-state index is 5.73. The third-order valence-corrected chi connectivity index (χ3v) is 3.84. The van der Waals surface area contributed by atoms with Gasteiger partial charge in [-0.3, -0.25) is 0 Å². The van der Waals surface area contributed by atoms with Crippen LogP contribution < -0.4 is 5.73 Å². The fourth-order valence-electron chi connectivity index (χ4n) is 2.58. The number of nitrogen functional groups attached to an aromatic ring is 1. The van der Waals surface area contributed by atoms with E-state index in [9.17, 15) is 0 Å². The van der Waals surface area contributed by atoms with E-state index in [1.165, 1.54) is 18.4 Å². The maximum absolute atomic E-state index is 5.73. The molecule has 4 nitrogen and oxygen atoms in total. The lowest BCUT2D eigenvalue weighted by molar-refractivity contribution is 0.622. The van der Waals surface area contributed by atoms with Crippen molar-refractivity contribution in [2.75, 3.05) is 5.73 Å². The first-order valence-electron chi connectivity index (χ1n) is 6.91. The van der Waals surface area contributed by atoms with Crippen LogP contribution in [0.15, 0.2) is 24.3 Å². The number of nitrogens with zero attached hydrogens (tertiary/aromatic N) is 3. The molecule has 1 aliphatic carbocycles. The molecule has 1 heterocycles. The van der Waals surface area contributed by atoms with Gasteiger partial charge in [0.05, 0.1) is 0 Å². The summed E-state index contributed by atoms with van der Waals surface area (Å²) in [6, 6.07) is 8.77. The molecule has 4 heteroatoms. The van der Waals surface area contributed by atoms with Crippen molar-refractivity contribution in [3.63, 3.8) is 0 Å². The second-order valence-corrected chi connectivity index (χ2v) is 5.54. The Balaban J connectivity index is 1.79. The molecule has 0 bridgehead atoms. The normalized spacial score (nSPS) is 16.5. The van der Waals surface area contributed by atoms with E-state index < -0.39 is 0 Å².